The SMILES string of the molecule is Cc1c(C)c2c(c(C)c1O)CCC(C)(C(=O)OCC1(O)COC=CC1=O)O2. The molecule has 0 aliphatic carbocycles. The Balaban J connectivity index is 1.79. The van der Waals surface area contributed by atoms with Crippen LogP contribution in [0.1, 0.15) is 35.6 Å². The zero-order valence-corrected chi connectivity index (χ0v) is 15.9. The second-order valence-electron chi connectivity index (χ2n) is 7.45. The molecule has 0 radical (unpaired) electrons. The van der Waals surface area contributed by atoms with Crippen LogP contribution in [-0.4, -0.2) is 46.4 Å². The Morgan fingerprint density at radius 1 is 1.26 bits per heavy atom. The summed E-state index contributed by atoms with van der Waals surface area (Å²) < 4.78 is 16.2. The van der Waals surface area contributed by atoms with E-state index < -0.39 is 29.6 Å². The van der Waals surface area contributed by atoms with Crippen LogP contribution in [0, 0.1) is 20.8 Å². The largest absolute Gasteiger partial charge is 0.507 e. The van der Waals surface area contributed by atoms with Crippen LogP contribution in [0.4, 0.5) is 0 Å². The lowest BCUT2D eigenvalue weighted by atomic mass is 9.87. The van der Waals surface area contributed by atoms with Gasteiger partial charge in [0.25, 0.3) is 0 Å². The van der Waals surface area contributed by atoms with Gasteiger partial charge in [0.15, 0.2) is 11.4 Å². The molecule has 2 unspecified atom stereocenters. The Kier molecular flexibility index (Phi) is 4.67. The van der Waals surface area contributed by atoms with E-state index in [1.165, 1.54) is 6.26 Å². The Bertz CT molecular complexity index is 841. The third-order valence-corrected chi connectivity index (χ3v) is 5.49. The van der Waals surface area contributed by atoms with Gasteiger partial charge in [0.1, 0.15) is 24.7 Å². The second-order valence-corrected chi connectivity index (χ2v) is 7.45. The summed E-state index contributed by atoms with van der Waals surface area (Å²) in [7, 11) is 0. The van der Waals surface area contributed by atoms with Crippen LogP contribution in [0.3, 0.4) is 0 Å². The molecule has 0 bridgehead atoms. The number of fused-ring (bicyclic) bond motifs is 1. The van der Waals surface area contributed by atoms with E-state index >= 15 is 0 Å². The maximum Gasteiger partial charge on any atom is 0.350 e. The first-order valence-electron chi connectivity index (χ1n) is 8.82. The maximum atomic E-state index is 12.7. The highest BCUT2D eigenvalue weighted by atomic mass is 16.6. The van der Waals surface area contributed by atoms with Crippen LogP contribution in [0.5, 0.6) is 11.5 Å². The van der Waals surface area contributed by atoms with Crippen LogP contribution < -0.4 is 4.74 Å². The number of ether oxygens (including phenoxy) is 3. The zero-order chi connectivity index (χ0) is 20.0. The fourth-order valence-corrected chi connectivity index (χ4v) is 3.36. The van der Waals surface area contributed by atoms with Gasteiger partial charge in [0, 0.05) is 18.1 Å². The molecule has 1 aromatic carbocycles. The molecule has 0 amide bonds. The number of benzene rings is 1. The number of phenolic OH excluding ortho intramolecular Hbond substituents is 1. The summed E-state index contributed by atoms with van der Waals surface area (Å²) in [4.78, 5) is 24.5. The molecule has 0 spiro atoms. The molecular weight excluding hydrogens is 352 g/mol. The van der Waals surface area contributed by atoms with Crippen molar-refractivity contribution in [3.63, 3.8) is 0 Å². The van der Waals surface area contributed by atoms with Crippen molar-refractivity contribution in [2.45, 2.75) is 51.7 Å². The Labute approximate surface area is 157 Å². The van der Waals surface area contributed by atoms with E-state index in [4.69, 9.17) is 14.2 Å². The molecule has 27 heavy (non-hydrogen) atoms. The number of carbonyl (C=O) groups is 2. The first kappa shape index (κ1) is 19.2. The molecule has 3 rings (SSSR count). The molecule has 2 N–H and O–H groups in total. The third kappa shape index (κ3) is 3.16. The maximum absolute atomic E-state index is 12.7. The van der Waals surface area contributed by atoms with Crippen molar-refractivity contribution in [3.05, 3.63) is 34.6 Å². The van der Waals surface area contributed by atoms with E-state index in [0.29, 0.717) is 24.2 Å². The fraction of sp³-hybridized carbons (Fsp3) is 0.500. The number of phenols is 1. The van der Waals surface area contributed by atoms with Crippen LogP contribution in [-0.2, 0) is 25.5 Å². The minimum Gasteiger partial charge on any atom is -0.507 e. The highest BCUT2D eigenvalue weighted by Gasteiger charge is 2.45. The lowest BCUT2D eigenvalue weighted by Gasteiger charge is -2.36. The number of carbonyl (C=O) groups excluding carboxylic acids is 2. The molecule has 146 valence electrons. The summed E-state index contributed by atoms with van der Waals surface area (Å²) in [6.45, 7) is 6.29. The molecule has 1 aromatic rings. The standard InChI is InChI=1S/C20H24O7/c1-11-12(2)17-14(13(3)16(11)22)5-7-19(4,27-17)18(23)26-10-20(24)9-25-8-6-15(20)21/h6,8,22,24H,5,7,9-10H2,1-4H3. The molecule has 0 fully saturated rings. The van der Waals surface area contributed by atoms with E-state index in [0.717, 1.165) is 22.8 Å². The van der Waals surface area contributed by atoms with Crippen molar-refractivity contribution in [1.82, 2.24) is 0 Å². The molecule has 0 saturated heterocycles. The van der Waals surface area contributed by atoms with Crippen LogP contribution in [0.2, 0.25) is 0 Å². The van der Waals surface area contributed by atoms with Crippen molar-refractivity contribution < 1.29 is 34.0 Å². The molecule has 2 atom stereocenters. The number of esters is 1. The lowest BCUT2D eigenvalue weighted by molar-refractivity contribution is -0.174. The number of hydrogen-bond acceptors (Lipinski definition) is 7. The second kappa shape index (κ2) is 6.56. The molecule has 0 aromatic heterocycles. The number of ketones is 1. The van der Waals surface area contributed by atoms with Crippen LogP contribution in [0.25, 0.3) is 0 Å². The predicted molar refractivity (Wildman–Crippen MR) is 95.7 cm³/mol. The lowest BCUT2D eigenvalue weighted by Crippen LogP contribution is -2.52. The van der Waals surface area contributed by atoms with Crippen molar-refractivity contribution in [2.75, 3.05) is 13.2 Å². The van der Waals surface area contributed by atoms with Gasteiger partial charge in [0.05, 0.1) is 6.26 Å². The fourth-order valence-electron chi connectivity index (χ4n) is 3.36. The summed E-state index contributed by atoms with van der Waals surface area (Å²) in [6, 6.07) is 0. The monoisotopic (exact) mass is 376 g/mol. The topological polar surface area (TPSA) is 102 Å². The quantitative estimate of drug-likeness (QED) is 0.775. The van der Waals surface area contributed by atoms with Crippen molar-refractivity contribution in [1.29, 1.82) is 0 Å². The summed E-state index contributed by atoms with van der Waals surface area (Å²) in [5.74, 6) is -0.412. The average molecular weight is 376 g/mol. The van der Waals surface area contributed by atoms with Gasteiger partial charge in [-0.2, -0.15) is 0 Å². The van der Waals surface area contributed by atoms with E-state index in [1.807, 2.05) is 13.8 Å². The van der Waals surface area contributed by atoms with Gasteiger partial charge in [-0.1, -0.05) is 0 Å². The number of hydrogen-bond donors (Lipinski definition) is 2. The highest BCUT2D eigenvalue weighted by Crippen LogP contribution is 2.43. The van der Waals surface area contributed by atoms with Gasteiger partial charge >= 0.3 is 5.97 Å². The smallest absolute Gasteiger partial charge is 0.350 e. The Hall–Kier alpha value is -2.54. The van der Waals surface area contributed by atoms with Gasteiger partial charge in [0.2, 0.25) is 5.60 Å². The Morgan fingerprint density at radius 3 is 2.63 bits per heavy atom. The van der Waals surface area contributed by atoms with Crippen LogP contribution >= 0.6 is 0 Å². The predicted octanol–water partition coefficient (Wildman–Crippen LogP) is 1.79. The molecule has 7 heteroatoms. The van der Waals surface area contributed by atoms with Gasteiger partial charge in [-0.15, -0.1) is 0 Å². The highest BCUT2D eigenvalue weighted by molar-refractivity contribution is 5.97. The first-order valence-corrected chi connectivity index (χ1v) is 8.82. The summed E-state index contributed by atoms with van der Waals surface area (Å²) in [6.07, 6.45) is 3.19. The minimum atomic E-state index is -1.89. The molecule has 2 heterocycles. The molecule has 2 aliphatic heterocycles. The average Bonchev–Trinajstić information content (AvgIpc) is 2.65. The Morgan fingerprint density at radius 2 is 1.96 bits per heavy atom. The third-order valence-electron chi connectivity index (χ3n) is 5.49. The molecule has 7 nitrogen and oxygen atoms in total. The van der Waals surface area contributed by atoms with E-state index in [9.17, 15) is 19.8 Å². The van der Waals surface area contributed by atoms with Crippen molar-refractivity contribution in [2.24, 2.45) is 0 Å². The number of rotatable bonds is 3. The summed E-state index contributed by atoms with van der Waals surface area (Å²) in [5.41, 5.74) is -0.0444. The summed E-state index contributed by atoms with van der Waals surface area (Å²) >= 11 is 0. The molecule has 2 aliphatic rings. The van der Waals surface area contributed by atoms with Gasteiger partial charge < -0.3 is 24.4 Å². The summed E-state index contributed by atoms with van der Waals surface area (Å²) in [5, 5.41) is 20.5. The van der Waals surface area contributed by atoms with Gasteiger partial charge in [-0.25, -0.2) is 4.79 Å². The van der Waals surface area contributed by atoms with Crippen molar-refractivity contribution >= 4 is 11.8 Å². The van der Waals surface area contributed by atoms with Gasteiger partial charge in [-0.05, 0) is 50.8 Å². The normalized spacial score (nSPS) is 26.8. The first-order chi connectivity index (χ1) is 12.6. The van der Waals surface area contributed by atoms with Crippen LogP contribution in [0.15, 0.2) is 12.3 Å². The number of aromatic hydroxyl groups is 1. The number of aliphatic hydroxyl groups is 1. The van der Waals surface area contributed by atoms with Crippen molar-refractivity contribution in [3.8, 4) is 11.5 Å². The minimum absolute atomic E-state index is 0.243. The van der Waals surface area contributed by atoms with E-state index in [1.54, 1.807) is 13.8 Å². The molecule has 0 saturated carbocycles. The van der Waals surface area contributed by atoms with Gasteiger partial charge in [-0.3, -0.25) is 4.79 Å². The molecular formula is C20H24O7. The van der Waals surface area contributed by atoms with E-state index in [-0.39, 0.29) is 12.4 Å². The van der Waals surface area contributed by atoms with E-state index in [2.05, 4.69) is 0 Å². The zero-order valence-electron chi connectivity index (χ0n) is 15.9.